The molecule has 0 spiro atoms. The molecule has 3 aromatic rings. The van der Waals surface area contributed by atoms with Gasteiger partial charge in [-0.15, -0.1) is 0 Å². The van der Waals surface area contributed by atoms with E-state index >= 15 is 0 Å². The van der Waals surface area contributed by atoms with E-state index in [9.17, 15) is 22.8 Å². The third-order valence-electron chi connectivity index (χ3n) is 8.70. The molecule has 1 aliphatic carbocycles. The Morgan fingerprint density at radius 3 is 2.45 bits per heavy atom. The first-order valence-electron chi connectivity index (χ1n) is 16.7. The molecular weight excluding hydrogens is 655 g/mol. The summed E-state index contributed by atoms with van der Waals surface area (Å²) in [5, 5.41) is 6.29. The number of carbonyl (C=O) groups is 2. The third kappa shape index (κ3) is 11.6. The van der Waals surface area contributed by atoms with Crippen LogP contribution in [0.4, 0.5) is 18.9 Å². The van der Waals surface area contributed by atoms with Crippen LogP contribution in [-0.2, 0) is 12.7 Å². The van der Waals surface area contributed by atoms with Crippen LogP contribution in [0.5, 0.6) is 5.75 Å². The van der Waals surface area contributed by atoms with Gasteiger partial charge in [0.15, 0.2) is 0 Å². The van der Waals surface area contributed by atoms with Gasteiger partial charge in [-0.1, -0.05) is 62.9 Å². The van der Waals surface area contributed by atoms with Crippen molar-refractivity contribution in [2.45, 2.75) is 58.7 Å². The molecule has 264 valence electrons. The number of benzene rings is 3. The summed E-state index contributed by atoms with van der Waals surface area (Å²) in [7, 11) is 2.05. The van der Waals surface area contributed by atoms with Gasteiger partial charge < -0.3 is 19.9 Å². The number of rotatable bonds is 15. The molecule has 0 saturated heterocycles. The van der Waals surface area contributed by atoms with E-state index in [1.807, 2.05) is 25.2 Å². The summed E-state index contributed by atoms with van der Waals surface area (Å²) in [5.41, 5.74) is 3.18. The number of hydrogen-bond donors (Lipinski definition) is 2. The highest BCUT2D eigenvalue weighted by atomic mass is 35.5. The van der Waals surface area contributed by atoms with Gasteiger partial charge in [0.1, 0.15) is 5.75 Å². The smallest absolute Gasteiger partial charge is 0.417 e. The lowest BCUT2D eigenvalue weighted by Crippen LogP contribution is -2.32. The van der Waals surface area contributed by atoms with Crippen LogP contribution in [0, 0.1) is 5.92 Å². The van der Waals surface area contributed by atoms with Crippen molar-refractivity contribution in [3.8, 4) is 5.75 Å². The summed E-state index contributed by atoms with van der Waals surface area (Å²) >= 11 is 5.72. The number of amides is 2. The summed E-state index contributed by atoms with van der Waals surface area (Å²) in [6.07, 6.45) is 2.17. The second-order valence-electron chi connectivity index (χ2n) is 12.4. The van der Waals surface area contributed by atoms with E-state index in [0.29, 0.717) is 30.4 Å². The largest absolute Gasteiger partial charge is 0.493 e. The zero-order valence-corrected chi connectivity index (χ0v) is 29.0. The topological polar surface area (TPSA) is 86.3 Å². The fraction of sp³-hybridized carbons (Fsp3) is 0.432. The molecule has 0 aromatic heterocycles. The Hall–Kier alpha value is -3.93. The van der Waals surface area contributed by atoms with Crippen LogP contribution >= 0.6 is 11.6 Å². The number of ether oxygens (including phenoxy) is 1. The van der Waals surface area contributed by atoms with Crippen molar-refractivity contribution >= 4 is 35.3 Å². The number of carbonyl (C=O) groups excluding carboxylic acids is 2. The van der Waals surface area contributed by atoms with Crippen molar-refractivity contribution in [2.75, 3.05) is 45.2 Å². The summed E-state index contributed by atoms with van der Waals surface area (Å²) in [6.45, 7) is 9.28. The Balaban J connectivity index is 1.50. The summed E-state index contributed by atoms with van der Waals surface area (Å²) in [4.78, 5) is 31.4. The number of nitrogens with one attached hydrogen (secondary N) is 2. The van der Waals surface area contributed by atoms with Gasteiger partial charge in [0.25, 0.3) is 11.8 Å². The highest BCUT2D eigenvalue weighted by Gasteiger charge is 2.33. The minimum Gasteiger partial charge on any atom is -0.493 e. The lowest BCUT2D eigenvalue weighted by Gasteiger charge is -2.23. The van der Waals surface area contributed by atoms with Crippen LogP contribution in [0.25, 0.3) is 0 Å². The predicted molar refractivity (Wildman–Crippen MR) is 189 cm³/mol. The van der Waals surface area contributed by atoms with Gasteiger partial charge in [0.2, 0.25) is 0 Å². The molecule has 0 heterocycles. The monoisotopic (exact) mass is 699 g/mol. The second kappa shape index (κ2) is 18.2. The fourth-order valence-electron chi connectivity index (χ4n) is 5.79. The van der Waals surface area contributed by atoms with Crippen LogP contribution in [0.3, 0.4) is 0 Å². The van der Waals surface area contributed by atoms with Gasteiger partial charge in [-0.2, -0.15) is 18.3 Å². The number of hydrogen-bond acceptors (Lipinski definition) is 6. The number of alkyl halides is 3. The molecule has 12 heteroatoms. The van der Waals surface area contributed by atoms with E-state index in [0.717, 1.165) is 75.8 Å². The number of anilines is 1. The van der Waals surface area contributed by atoms with Gasteiger partial charge in [-0.05, 0) is 92.5 Å². The van der Waals surface area contributed by atoms with E-state index < -0.39 is 28.6 Å². The van der Waals surface area contributed by atoms with Crippen molar-refractivity contribution in [2.24, 2.45) is 11.0 Å². The van der Waals surface area contributed by atoms with E-state index in [4.69, 9.17) is 16.3 Å². The maximum atomic E-state index is 13.4. The number of nitrogens with zero attached hydrogens (tertiary/aromatic N) is 3. The molecule has 2 amide bonds. The fourth-order valence-corrected chi connectivity index (χ4v) is 6.02. The third-order valence-corrected chi connectivity index (χ3v) is 9.03. The summed E-state index contributed by atoms with van der Waals surface area (Å²) in [5.74, 6) is -0.190. The molecule has 1 fully saturated rings. The minimum absolute atomic E-state index is 0.0889. The molecular formula is C37H45ClF3N5O3. The van der Waals surface area contributed by atoms with Crippen molar-refractivity contribution in [3.63, 3.8) is 0 Å². The molecule has 3 aromatic carbocycles. The second-order valence-corrected chi connectivity index (χ2v) is 12.8. The van der Waals surface area contributed by atoms with Crippen molar-refractivity contribution in [1.29, 1.82) is 0 Å². The number of halogens is 4. The SMILES string of the molecule is CCN(CC)CCN(C)Cc1cccc(C(=O)Nc2ccc(OCC3CCCCC3)cc2C(=O)N/N=C/c2ccc(Cl)c(C(F)(F)F)c2)c1. The van der Waals surface area contributed by atoms with Crippen molar-refractivity contribution in [1.82, 2.24) is 15.2 Å². The zero-order chi connectivity index (χ0) is 35.4. The van der Waals surface area contributed by atoms with E-state index in [2.05, 4.69) is 39.5 Å². The molecule has 8 nitrogen and oxygen atoms in total. The first kappa shape index (κ1) is 37.9. The molecule has 1 aliphatic rings. The molecule has 0 bridgehead atoms. The van der Waals surface area contributed by atoms with Gasteiger partial charge in [-0.3, -0.25) is 9.59 Å². The van der Waals surface area contributed by atoms with E-state index in [1.165, 1.54) is 18.6 Å². The molecule has 0 atom stereocenters. The first-order chi connectivity index (χ1) is 23.5. The van der Waals surface area contributed by atoms with Crippen LogP contribution in [0.15, 0.2) is 65.8 Å². The summed E-state index contributed by atoms with van der Waals surface area (Å²) < 4.78 is 46.0. The molecule has 0 aliphatic heterocycles. The maximum absolute atomic E-state index is 13.4. The van der Waals surface area contributed by atoms with Gasteiger partial charge in [0.05, 0.1) is 34.7 Å². The standard InChI is InChI=1S/C37H45ClF3N5O3/c1-4-46(5-2)19-18-45(3)24-28-12-9-13-29(20-28)35(47)43-34-17-15-30(49-25-26-10-7-6-8-11-26)22-31(34)36(48)44-42-23-27-14-16-33(38)32(21-27)37(39,40)41/h9,12-17,20-23,26H,4-8,10-11,18-19,24-25H2,1-3H3,(H,43,47)(H,44,48)/b42-23+. The van der Waals surface area contributed by atoms with Gasteiger partial charge in [-0.25, -0.2) is 5.43 Å². The molecule has 2 N–H and O–H groups in total. The van der Waals surface area contributed by atoms with Crippen molar-refractivity contribution in [3.05, 3.63) is 93.5 Å². The molecule has 0 unspecified atom stereocenters. The minimum atomic E-state index is -4.64. The average Bonchev–Trinajstić information content (AvgIpc) is 3.09. The molecule has 49 heavy (non-hydrogen) atoms. The lowest BCUT2D eigenvalue weighted by molar-refractivity contribution is -0.137. The van der Waals surface area contributed by atoms with Crippen LogP contribution in [0.2, 0.25) is 5.02 Å². The Bertz CT molecular complexity index is 1590. The van der Waals surface area contributed by atoms with Gasteiger partial charge >= 0.3 is 6.18 Å². The van der Waals surface area contributed by atoms with Crippen LogP contribution in [-0.4, -0.2) is 67.7 Å². The number of hydrazone groups is 1. The van der Waals surface area contributed by atoms with E-state index in [1.54, 1.807) is 18.2 Å². The molecule has 0 radical (unpaired) electrons. The van der Waals surface area contributed by atoms with Gasteiger partial charge in [0, 0.05) is 25.2 Å². The molecule has 1 saturated carbocycles. The summed E-state index contributed by atoms with van der Waals surface area (Å²) in [6, 6.07) is 15.5. The van der Waals surface area contributed by atoms with Crippen LogP contribution < -0.4 is 15.5 Å². The van der Waals surface area contributed by atoms with E-state index in [-0.39, 0.29) is 16.8 Å². The average molecular weight is 700 g/mol. The Labute approximate surface area is 291 Å². The zero-order valence-electron chi connectivity index (χ0n) is 28.3. The highest BCUT2D eigenvalue weighted by Crippen LogP contribution is 2.35. The number of likely N-dealkylation sites (N-methyl/N-ethyl adjacent to an activating group) is 2. The lowest BCUT2D eigenvalue weighted by atomic mass is 9.90. The molecule has 4 rings (SSSR count). The normalized spacial score (nSPS) is 14.1. The van der Waals surface area contributed by atoms with Crippen molar-refractivity contribution < 1.29 is 27.5 Å². The Morgan fingerprint density at radius 1 is 0.980 bits per heavy atom. The highest BCUT2D eigenvalue weighted by molar-refractivity contribution is 6.31. The maximum Gasteiger partial charge on any atom is 0.417 e. The first-order valence-corrected chi connectivity index (χ1v) is 17.1. The van der Waals surface area contributed by atoms with Crippen LogP contribution in [0.1, 0.15) is 83.4 Å². The quantitative estimate of drug-likeness (QED) is 0.124. The predicted octanol–water partition coefficient (Wildman–Crippen LogP) is 8.11. The Morgan fingerprint density at radius 2 is 1.73 bits per heavy atom. The Kier molecular flexibility index (Phi) is 14.0.